The first-order valence-corrected chi connectivity index (χ1v) is 7.83. The minimum atomic E-state index is -3.96. The predicted molar refractivity (Wildman–Crippen MR) is 78.0 cm³/mol. The maximum Gasteiger partial charge on any atom is 0.291 e. The van der Waals surface area contributed by atoms with Gasteiger partial charge in [-0.2, -0.15) is 0 Å². The molecule has 0 unspecified atom stereocenters. The van der Waals surface area contributed by atoms with E-state index in [2.05, 4.69) is 4.72 Å². The van der Waals surface area contributed by atoms with Gasteiger partial charge in [0.15, 0.2) is 4.90 Å². The highest BCUT2D eigenvalue weighted by Gasteiger charge is 2.26. The monoisotopic (exact) mass is 311 g/mol. The third-order valence-corrected chi connectivity index (χ3v) is 4.77. The quantitative estimate of drug-likeness (QED) is 0.796. The van der Waals surface area contributed by atoms with Crippen molar-refractivity contribution < 1.29 is 13.5 Å². The molecule has 0 radical (unpaired) electrons. The van der Waals surface area contributed by atoms with Gasteiger partial charge in [-0.15, -0.1) is 0 Å². The number of hydrogen-bond acceptors (Lipinski definition) is 4. The van der Waals surface area contributed by atoms with Gasteiger partial charge in [-0.05, 0) is 19.1 Å². The molecule has 7 nitrogen and oxygen atoms in total. The molecule has 0 amide bonds. The number of sulfonamides is 1. The summed E-state index contributed by atoms with van der Waals surface area (Å²) in [5.74, 6) is 0. The number of aromatic nitrogens is 2. The highest BCUT2D eigenvalue weighted by Crippen LogP contribution is 2.14. The van der Waals surface area contributed by atoms with Crippen molar-refractivity contribution >= 4 is 10.0 Å². The maximum atomic E-state index is 12.5. The second-order valence-electron chi connectivity index (χ2n) is 4.51. The molecule has 0 saturated carbocycles. The van der Waals surface area contributed by atoms with Crippen molar-refractivity contribution in [3.8, 4) is 5.69 Å². The molecule has 0 fully saturated rings. The van der Waals surface area contributed by atoms with Crippen molar-refractivity contribution in [1.29, 1.82) is 0 Å². The molecule has 2 rings (SSSR count). The number of aliphatic hydroxyl groups is 1. The van der Waals surface area contributed by atoms with Crippen LogP contribution in [0.3, 0.4) is 0 Å². The van der Waals surface area contributed by atoms with Crippen LogP contribution in [0.15, 0.2) is 40.0 Å². The van der Waals surface area contributed by atoms with E-state index >= 15 is 0 Å². The van der Waals surface area contributed by atoms with Crippen molar-refractivity contribution in [1.82, 2.24) is 14.1 Å². The van der Waals surface area contributed by atoms with Gasteiger partial charge in [-0.25, -0.2) is 17.8 Å². The van der Waals surface area contributed by atoms with E-state index in [1.165, 1.54) is 9.36 Å². The van der Waals surface area contributed by atoms with Crippen LogP contribution in [0.1, 0.15) is 5.69 Å². The molecule has 0 spiro atoms. The molecule has 114 valence electrons. The second-order valence-corrected chi connectivity index (χ2v) is 6.22. The first kappa shape index (κ1) is 15.5. The van der Waals surface area contributed by atoms with Crippen LogP contribution in [0.5, 0.6) is 0 Å². The van der Waals surface area contributed by atoms with Crippen LogP contribution in [0.4, 0.5) is 0 Å². The van der Waals surface area contributed by atoms with Crippen molar-refractivity contribution in [3.05, 3.63) is 46.4 Å². The summed E-state index contributed by atoms with van der Waals surface area (Å²) in [5, 5.41) is 8.74. The number of aliphatic hydroxyl groups excluding tert-OH is 1. The number of hydrogen-bond donors (Lipinski definition) is 2. The summed E-state index contributed by atoms with van der Waals surface area (Å²) < 4.78 is 29.3. The van der Waals surface area contributed by atoms with Gasteiger partial charge in [-0.1, -0.05) is 18.2 Å². The molecule has 1 aromatic heterocycles. The van der Waals surface area contributed by atoms with E-state index in [9.17, 15) is 13.2 Å². The maximum absolute atomic E-state index is 12.5. The molecule has 0 aliphatic carbocycles. The third-order valence-electron chi connectivity index (χ3n) is 3.17. The van der Waals surface area contributed by atoms with E-state index in [4.69, 9.17) is 5.11 Å². The van der Waals surface area contributed by atoms with Gasteiger partial charge in [0.05, 0.1) is 18.0 Å². The fraction of sp³-hybridized carbons (Fsp3) is 0.308. The standard InChI is InChI=1S/C13H17N3O4S/c1-10-12(21(19,20)14-8-9-17)13(18)16(15(10)2)11-6-4-3-5-7-11/h3-7,14,17H,8-9H2,1-2H3. The molecule has 0 saturated heterocycles. The largest absolute Gasteiger partial charge is 0.395 e. The Balaban J connectivity index is 2.65. The highest BCUT2D eigenvalue weighted by molar-refractivity contribution is 7.89. The molecule has 0 aliphatic rings. The number of rotatable bonds is 5. The molecule has 8 heteroatoms. The summed E-state index contributed by atoms with van der Waals surface area (Å²) in [6, 6.07) is 8.78. The van der Waals surface area contributed by atoms with Crippen molar-refractivity contribution in [2.75, 3.05) is 13.2 Å². The first-order chi connectivity index (χ1) is 9.90. The van der Waals surface area contributed by atoms with Crippen molar-refractivity contribution in [2.24, 2.45) is 7.05 Å². The number of nitrogens with zero attached hydrogens (tertiary/aromatic N) is 2. The van der Waals surface area contributed by atoms with Gasteiger partial charge < -0.3 is 5.11 Å². The van der Waals surface area contributed by atoms with Crippen LogP contribution in [0, 0.1) is 6.92 Å². The number of benzene rings is 1. The van der Waals surface area contributed by atoms with Crippen LogP contribution in [-0.2, 0) is 17.1 Å². The predicted octanol–water partition coefficient (Wildman–Crippen LogP) is -0.245. The molecule has 2 N–H and O–H groups in total. The Hall–Kier alpha value is -1.90. The van der Waals surface area contributed by atoms with Crippen LogP contribution < -0.4 is 10.3 Å². The zero-order valence-electron chi connectivity index (χ0n) is 11.8. The highest BCUT2D eigenvalue weighted by atomic mass is 32.2. The fourth-order valence-electron chi connectivity index (χ4n) is 2.11. The van der Waals surface area contributed by atoms with E-state index in [0.717, 1.165) is 0 Å². The van der Waals surface area contributed by atoms with Gasteiger partial charge in [0.2, 0.25) is 10.0 Å². The Morgan fingerprint density at radius 1 is 1.24 bits per heavy atom. The smallest absolute Gasteiger partial charge is 0.291 e. The minimum Gasteiger partial charge on any atom is -0.395 e. The topological polar surface area (TPSA) is 93.3 Å². The average molecular weight is 311 g/mol. The van der Waals surface area contributed by atoms with Crippen LogP contribution >= 0.6 is 0 Å². The summed E-state index contributed by atoms with van der Waals surface area (Å²) in [4.78, 5) is 12.2. The average Bonchev–Trinajstić information content (AvgIpc) is 2.68. The molecule has 1 aromatic carbocycles. The van der Waals surface area contributed by atoms with Crippen molar-refractivity contribution in [3.63, 3.8) is 0 Å². The molecule has 0 aliphatic heterocycles. The van der Waals surface area contributed by atoms with Gasteiger partial charge in [0.25, 0.3) is 5.56 Å². The van der Waals surface area contributed by atoms with E-state index in [1.807, 2.05) is 6.07 Å². The molecular weight excluding hydrogens is 294 g/mol. The zero-order chi connectivity index (χ0) is 15.6. The van der Waals surface area contributed by atoms with Crippen molar-refractivity contribution in [2.45, 2.75) is 11.8 Å². The summed E-state index contributed by atoms with van der Waals surface area (Å²) in [6.07, 6.45) is 0. The van der Waals surface area contributed by atoms with Crippen LogP contribution in [0.25, 0.3) is 5.69 Å². The normalized spacial score (nSPS) is 11.8. The molecule has 0 bridgehead atoms. The lowest BCUT2D eigenvalue weighted by molar-refractivity contribution is 0.301. The molecule has 2 aromatic rings. The van der Waals surface area contributed by atoms with Crippen LogP contribution in [0.2, 0.25) is 0 Å². The van der Waals surface area contributed by atoms with Gasteiger partial charge >= 0.3 is 0 Å². The number of para-hydroxylation sites is 1. The van der Waals surface area contributed by atoms with E-state index in [1.54, 1.807) is 38.2 Å². The summed E-state index contributed by atoms with van der Waals surface area (Å²) >= 11 is 0. The summed E-state index contributed by atoms with van der Waals surface area (Å²) in [7, 11) is -2.34. The molecule has 1 heterocycles. The Labute approximate surface area is 122 Å². The molecule has 21 heavy (non-hydrogen) atoms. The van der Waals surface area contributed by atoms with E-state index < -0.39 is 15.6 Å². The Kier molecular flexibility index (Phi) is 4.31. The number of nitrogens with one attached hydrogen (secondary N) is 1. The van der Waals surface area contributed by atoms with Crippen LogP contribution in [-0.4, -0.2) is 36.0 Å². The minimum absolute atomic E-state index is 0.137. The Morgan fingerprint density at radius 2 is 1.86 bits per heavy atom. The van der Waals surface area contributed by atoms with Gasteiger partial charge in [0.1, 0.15) is 0 Å². The third kappa shape index (κ3) is 2.78. The zero-order valence-corrected chi connectivity index (χ0v) is 12.6. The summed E-state index contributed by atoms with van der Waals surface area (Å²) in [5.41, 5.74) is 0.289. The van der Waals surface area contributed by atoms with E-state index in [-0.39, 0.29) is 18.0 Å². The lowest BCUT2D eigenvalue weighted by Gasteiger charge is -2.07. The lowest BCUT2D eigenvalue weighted by atomic mass is 10.3. The molecule has 0 atom stereocenters. The van der Waals surface area contributed by atoms with Gasteiger partial charge in [0, 0.05) is 13.6 Å². The van der Waals surface area contributed by atoms with Gasteiger partial charge in [-0.3, -0.25) is 9.48 Å². The summed E-state index contributed by atoms with van der Waals surface area (Å²) in [6.45, 7) is 1.09. The first-order valence-electron chi connectivity index (χ1n) is 6.34. The Bertz CT molecular complexity index is 791. The molecular formula is C13H17N3O4S. The Morgan fingerprint density at radius 3 is 2.43 bits per heavy atom. The second kappa shape index (κ2) is 5.84. The SMILES string of the molecule is Cc1c(S(=O)(=O)NCCO)c(=O)n(-c2ccccc2)n1C. The van der Waals surface area contributed by atoms with E-state index in [0.29, 0.717) is 11.4 Å². The lowest BCUT2D eigenvalue weighted by Crippen LogP contribution is -2.31. The fourth-order valence-corrected chi connectivity index (χ4v) is 3.45.